The number of hydrogen-bond donors (Lipinski definition) is 2. The van der Waals surface area contributed by atoms with Gasteiger partial charge < -0.3 is 15.4 Å². The second-order valence-corrected chi connectivity index (χ2v) is 7.78. The Morgan fingerprint density at radius 2 is 2.00 bits per heavy atom. The summed E-state index contributed by atoms with van der Waals surface area (Å²) in [4.78, 5) is 17.1. The number of alkyl carbamates (subject to hydrolysis) is 1. The van der Waals surface area contributed by atoms with Gasteiger partial charge in [-0.3, -0.25) is 0 Å². The van der Waals surface area contributed by atoms with Crippen LogP contribution in [0.5, 0.6) is 0 Å². The van der Waals surface area contributed by atoms with E-state index >= 15 is 0 Å². The maximum atomic E-state index is 11.7. The van der Waals surface area contributed by atoms with Gasteiger partial charge >= 0.3 is 6.09 Å². The molecule has 0 aliphatic carbocycles. The Morgan fingerprint density at radius 1 is 1.35 bits per heavy atom. The van der Waals surface area contributed by atoms with Crippen LogP contribution < -0.4 is 10.6 Å². The molecule has 2 N–H and O–H groups in total. The number of amides is 1. The highest BCUT2D eigenvalue weighted by Gasteiger charge is 2.24. The van der Waals surface area contributed by atoms with Crippen molar-refractivity contribution in [2.45, 2.75) is 59.2 Å². The largest absolute Gasteiger partial charge is 0.444 e. The molecule has 0 aliphatic heterocycles. The van der Waals surface area contributed by atoms with E-state index in [0.717, 1.165) is 11.6 Å². The molecule has 0 aliphatic rings. The Hall–Kier alpha value is -1.14. The van der Waals surface area contributed by atoms with Gasteiger partial charge in [0, 0.05) is 24.2 Å². The number of thiazole rings is 1. The van der Waals surface area contributed by atoms with E-state index in [-0.39, 0.29) is 5.54 Å². The zero-order chi connectivity index (χ0) is 15.4. The Kier molecular flexibility index (Phi) is 5.53. The summed E-state index contributed by atoms with van der Waals surface area (Å²) < 4.78 is 5.26. The van der Waals surface area contributed by atoms with Gasteiger partial charge in [0.05, 0.1) is 10.5 Å². The lowest BCUT2D eigenvalue weighted by atomic mass is 10.1. The number of aryl methyl sites for hydroxylation is 1. The average molecular weight is 299 g/mol. The van der Waals surface area contributed by atoms with E-state index < -0.39 is 11.7 Å². The molecule has 1 aromatic heterocycles. The SMILES string of the molecule is Cc1ncc(CNCC(C)(C)NC(=O)OC(C)(C)C)s1. The molecule has 114 valence electrons. The van der Waals surface area contributed by atoms with Crippen LogP contribution in [0.1, 0.15) is 44.5 Å². The van der Waals surface area contributed by atoms with Crippen molar-refractivity contribution in [1.29, 1.82) is 0 Å². The van der Waals surface area contributed by atoms with E-state index in [1.807, 2.05) is 47.7 Å². The zero-order valence-electron chi connectivity index (χ0n) is 13.2. The summed E-state index contributed by atoms with van der Waals surface area (Å²) in [5.74, 6) is 0. The molecule has 1 aromatic rings. The van der Waals surface area contributed by atoms with Gasteiger partial charge in [-0.05, 0) is 41.5 Å². The van der Waals surface area contributed by atoms with Gasteiger partial charge in [-0.25, -0.2) is 9.78 Å². The van der Waals surface area contributed by atoms with E-state index in [1.165, 1.54) is 4.88 Å². The third-order valence-electron chi connectivity index (χ3n) is 2.37. The minimum atomic E-state index is -0.478. The fourth-order valence-electron chi connectivity index (χ4n) is 1.61. The quantitative estimate of drug-likeness (QED) is 0.877. The predicted octanol–water partition coefficient (Wildman–Crippen LogP) is 2.84. The number of aromatic nitrogens is 1. The van der Waals surface area contributed by atoms with Gasteiger partial charge in [-0.15, -0.1) is 11.3 Å². The highest BCUT2D eigenvalue weighted by atomic mass is 32.1. The molecule has 0 saturated heterocycles. The molecule has 0 spiro atoms. The molecular formula is C14H25N3O2S. The zero-order valence-corrected chi connectivity index (χ0v) is 14.0. The molecule has 20 heavy (non-hydrogen) atoms. The maximum absolute atomic E-state index is 11.7. The second-order valence-electron chi connectivity index (χ2n) is 6.46. The fraction of sp³-hybridized carbons (Fsp3) is 0.714. The third kappa shape index (κ3) is 6.86. The Bertz CT molecular complexity index is 450. The standard InChI is InChI=1S/C14H25N3O2S/c1-10-16-8-11(20-10)7-15-9-14(5,6)17-12(18)19-13(2,3)4/h8,15H,7,9H2,1-6H3,(H,17,18). The number of carbonyl (C=O) groups excluding carboxylic acids is 1. The summed E-state index contributed by atoms with van der Waals surface area (Å²) in [7, 11) is 0. The first-order valence-corrected chi connectivity index (χ1v) is 7.52. The molecule has 0 atom stereocenters. The van der Waals surface area contributed by atoms with Crippen molar-refractivity contribution in [3.05, 3.63) is 16.1 Å². The Balaban J connectivity index is 2.35. The number of rotatable bonds is 5. The molecule has 0 aromatic carbocycles. The molecule has 0 saturated carbocycles. The van der Waals surface area contributed by atoms with Crippen molar-refractivity contribution in [1.82, 2.24) is 15.6 Å². The first kappa shape index (κ1) is 16.9. The van der Waals surface area contributed by atoms with Gasteiger partial charge in [0.1, 0.15) is 5.60 Å². The molecule has 0 bridgehead atoms. The minimum Gasteiger partial charge on any atom is -0.444 e. The number of ether oxygens (including phenoxy) is 1. The second kappa shape index (κ2) is 6.54. The summed E-state index contributed by atoms with van der Waals surface area (Å²) in [6, 6.07) is 0. The van der Waals surface area contributed by atoms with Gasteiger partial charge in [-0.1, -0.05) is 0 Å². The normalized spacial score (nSPS) is 12.3. The highest BCUT2D eigenvalue weighted by Crippen LogP contribution is 2.12. The van der Waals surface area contributed by atoms with Gasteiger partial charge in [0.25, 0.3) is 0 Å². The van der Waals surface area contributed by atoms with E-state index in [4.69, 9.17) is 4.74 Å². The number of carbonyl (C=O) groups is 1. The molecule has 1 rings (SSSR count). The van der Waals surface area contributed by atoms with Crippen LogP contribution in [0.4, 0.5) is 4.79 Å². The van der Waals surface area contributed by atoms with Crippen LogP contribution in [0.3, 0.4) is 0 Å². The van der Waals surface area contributed by atoms with E-state index in [0.29, 0.717) is 6.54 Å². The molecule has 0 radical (unpaired) electrons. The average Bonchev–Trinajstić information content (AvgIpc) is 2.59. The fourth-order valence-corrected chi connectivity index (χ4v) is 2.37. The molecule has 5 nitrogen and oxygen atoms in total. The minimum absolute atomic E-state index is 0.373. The predicted molar refractivity (Wildman–Crippen MR) is 82.0 cm³/mol. The molecule has 6 heteroatoms. The highest BCUT2D eigenvalue weighted by molar-refractivity contribution is 7.11. The van der Waals surface area contributed by atoms with E-state index in [1.54, 1.807) is 11.3 Å². The van der Waals surface area contributed by atoms with Crippen LogP contribution in [0.25, 0.3) is 0 Å². The maximum Gasteiger partial charge on any atom is 0.408 e. The van der Waals surface area contributed by atoms with Gasteiger partial charge in [0.2, 0.25) is 0 Å². The summed E-state index contributed by atoms with van der Waals surface area (Å²) in [6.45, 7) is 12.9. The van der Waals surface area contributed by atoms with Gasteiger partial charge in [-0.2, -0.15) is 0 Å². The van der Waals surface area contributed by atoms with Crippen LogP contribution >= 0.6 is 11.3 Å². The number of nitrogens with one attached hydrogen (secondary N) is 2. The van der Waals surface area contributed by atoms with Crippen molar-refractivity contribution in [2.75, 3.05) is 6.54 Å². The number of hydrogen-bond acceptors (Lipinski definition) is 5. The van der Waals surface area contributed by atoms with Crippen molar-refractivity contribution in [3.63, 3.8) is 0 Å². The van der Waals surface area contributed by atoms with Crippen LogP contribution in [-0.2, 0) is 11.3 Å². The summed E-state index contributed by atoms with van der Waals surface area (Å²) in [6.07, 6.45) is 1.49. The topological polar surface area (TPSA) is 63.2 Å². The van der Waals surface area contributed by atoms with E-state index in [2.05, 4.69) is 15.6 Å². The van der Waals surface area contributed by atoms with Crippen molar-refractivity contribution >= 4 is 17.4 Å². The smallest absolute Gasteiger partial charge is 0.408 e. The van der Waals surface area contributed by atoms with Crippen LogP contribution in [0.15, 0.2) is 6.20 Å². The lowest BCUT2D eigenvalue weighted by molar-refractivity contribution is 0.0472. The lowest BCUT2D eigenvalue weighted by Gasteiger charge is -2.28. The summed E-state index contributed by atoms with van der Waals surface area (Å²) >= 11 is 1.67. The molecule has 0 fully saturated rings. The first-order valence-electron chi connectivity index (χ1n) is 6.71. The molecule has 0 unspecified atom stereocenters. The van der Waals surface area contributed by atoms with Crippen molar-refractivity contribution in [2.24, 2.45) is 0 Å². The lowest BCUT2D eigenvalue weighted by Crippen LogP contribution is -2.51. The summed E-state index contributed by atoms with van der Waals surface area (Å²) in [5.41, 5.74) is -0.851. The van der Waals surface area contributed by atoms with Crippen LogP contribution in [-0.4, -0.2) is 28.8 Å². The third-order valence-corrected chi connectivity index (χ3v) is 3.29. The Labute approximate surface area is 125 Å². The first-order chi connectivity index (χ1) is 9.07. The Morgan fingerprint density at radius 3 is 2.50 bits per heavy atom. The summed E-state index contributed by atoms with van der Waals surface area (Å²) in [5, 5.41) is 7.25. The molecule has 1 amide bonds. The van der Waals surface area contributed by atoms with Crippen molar-refractivity contribution < 1.29 is 9.53 Å². The number of nitrogens with zero attached hydrogens (tertiary/aromatic N) is 1. The van der Waals surface area contributed by atoms with Crippen LogP contribution in [0.2, 0.25) is 0 Å². The molecule has 1 heterocycles. The van der Waals surface area contributed by atoms with E-state index in [9.17, 15) is 4.79 Å². The van der Waals surface area contributed by atoms with Crippen LogP contribution in [0, 0.1) is 6.92 Å². The molecular weight excluding hydrogens is 274 g/mol. The van der Waals surface area contributed by atoms with Gasteiger partial charge in [0.15, 0.2) is 0 Å². The van der Waals surface area contributed by atoms with Crippen molar-refractivity contribution in [3.8, 4) is 0 Å². The monoisotopic (exact) mass is 299 g/mol.